The second-order valence-electron chi connectivity index (χ2n) is 5.57. The molecule has 3 N–H and O–H groups in total. The summed E-state index contributed by atoms with van der Waals surface area (Å²) in [7, 11) is 0. The van der Waals surface area contributed by atoms with E-state index in [4.69, 9.17) is 0 Å². The number of rotatable bonds is 5. The zero-order valence-corrected chi connectivity index (χ0v) is 15.7. The molecule has 0 fully saturated rings. The van der Waals surface area contributed by atoms with Crippen molar-refractivity contribution < 1.29 is 14.7 Å². The Morgan fingerprint density at radius 1 is 1.12 bits per heavy atom. The predicted octanol–water partition coefficient (Wildman–Crippen LogP) is 3.41. The topological polar surface area (TPSA) is 78.4 Å². The summed E-state index contributed by atoms with van der Waals surface area (Å²) in [6.45, 7) is -0.0306. The Balaban J connectivity index is 1.60. The van der Waals surface area contributed by atoms with Gasteiger partial charge in [-0.2, -0.15) is 0 Å². The molecule has 0 aliphatic carbocycles. The Bertz CT molecular complexity index is 939. The van der Waals surface area contributed by atoms with E-state index in [1.807, 2.05) is 48.0 Å². The fraction of sp³-hybridized carbons (Fsp3) is 0.158. The molecule has 1 atom stereocenters. The van der Waals surface area contributed by atoms with Gasteiger partial charge in [-0.15, -0.1) is 23.1 Å². The third-order valence-electron chi connectivity index (χ3n) is 3.89. The number of anilines is 1. The van der Waals surface area contributed by atoms with Crippen LogP contribution >= 0.6 is 23.1 Å². The van der Waals surface area contributed by atoms with Crippen LogP contribution in [0.2, 0.25) is 0 Å². The van der Waals surface area contributed by atoms with Crippen molar-refractivity contribution in [3.8, 4) is 0 Å². The van der Waals surface area contributed by atoms with Crippen molar-refractivity contribution in [3.63, 3.8) is 0 Å². The largest absolute Gasteiger partial charge is 0.387 e. The minimum atomic E-state index is -0.874. The molecule has 3 rings (SSSR count). The maximum absolute atomic E-state index is 12.1. The van der Waals surface area contributed by atoms with Gasteiger partial charge in [0.15, 0.2) is 0 Å². The van der Waals surface area contributed by atoms with Crippen molar-refractivity contribution in [2.75, 3.05) is 18.1 Å². The van der Waals surface area contributed by atoms with Crippen LogP contribution in [0.5, 0.6) is 0 Å². The van der Waals surface area contributed by atoms with Crippen molar-refractivity contribution in [1.29, 1.82) is 0 Å². The van der Waals surface area contributed by atoms with Crippen LogP contribution in [-0.2, 0) is 9.59 Å². The number of para-hydroxylation sites is 1. The molecule has 134 valence electrons. The minimum Gasteiger partial charge on any atom is -0.387 e. The molecule has 0 unspecified atom stereocenters. The van der Waals surface area contributed by atoms with E-state index in [2.05, 4.69) is 10.6 Å². The summed E-state index contributed by atoms with van der Waals surface area (Å²) < 4.78 is 1.07. The van der Waals surface area contributed by atoms with Crippen LogP contribution in [0.3, 0.4) is 0 Å². The van der Waals surface area contributed by atoms with E-state index in [-0.39, 0.29) is 6.54 Å². The second-order valence-corrected chi connectivity index (χ2v) is 7.33. The zero-order valence-electron chi connectivity index (χ0n) is 14.1. The van der Waals surface area contributed by atoms with Gasteiger partial charge in [0.25, 0.3) is 0 Å². The molecule has 0 saturated heterocycles. The summed E-state index contributed by atoms with van der Waals surface area (Å²) in [5.74, 6) is -1.53. The lowest BCUT2D eigenvalue weighted by atomic mass is 10.1. The van der Waals surface area contributed by atoms with Gasteiger partial charge in [-0.1, -0.05) is 30.3 Å². The first-order chi connectivity index (χ1) is 12.6. The van der Waals surface area contributed by atoms with E-state index in [1.54, 1.807) is 12.1 Å². The molecular formula is C19H18N2O3S2. The summed E-state index contributed by atoms with van der Waals surface area (Å²) in [4.78, 5) is 25.0. The molecule has 0 aliphatic heterocycles. The fourth-order valence-electron chi connectivity index (χ4n) is 2.56. The van der Waals surface area contributed by atoms with E-state index in [0.717, 1.165) is 20.5 Å². The van der Waals surface area contributed by atoms with Gasteiger partial charge < -0.3 is 15.7 Å². The number of aliphatic hydroxyl groups excluding tert-OH is 1. The smallest absolute Gasteiger partial charge is 0.313 e. The zero-order chi connectivity index (χ0) is 18.5. The van der Waals surface area contributed by atoms with Crippen LogP contribution in [-0.4, -0.2) is 29.7 Å². The number of benzene rings is 2. The Kier molecular flexibility index (Phi) is 5.92. The number of amides is 2. The van der Waals surface area contributed by atoms with Crippen molar-refractivity contribution in [2.45, 2.75) is 11.0 Å². The van der Waals surface area contributed by atoms with Gasteiger partial charge in [0.1, 0.15) is 0 Å². The number of carbonyl (C=O) groups excluding carboxylic acids is 2. The van der Waals surface area contributed by atoms with Gasteiger partial charge in [0.05, 0.1) is 11.8 Å². The second kappa shape index (κ2) is 8.35. The molecule has 0 radical (unpaired) electrons. The van der Waals surface area contributed by atoms with Gasteiger partial charge in [0, 0.05) is 21.7 Å². The van der Waals surface area contributed by atoms with E-state index in [1.165, 1.54) is 23.1 Å². The molecule has 0 bridgehead atoms. The quantitative estimate of drug-likeness (QED) is 0.464. The average molecular weight is 386 g/mol. The van der Waals surface area contributed by atoms with Crippen LogP contribution in [0.1, 0.15) is 11.7 Å². The van der Waals surface area contributed by atoms with Crippen LogP contribution in [0, 0.1) is 0 Å². The third kappa shape index (κ3) is 4.07. The monoisotopic (exact) mass is 386 g/mol. The molecular weight excluding hydrogens is 368 g/mol. The first-order valence-electron chi connectivity index (χ1n) is 7.96. The minimum absolute atomic E-state index is 0.0306. The van der Waals surface area contributed by atoms with Crippen molar-refractivity contribution in [3.05, 3.63) is 59.5 Å². The summed E-state index contributed by atoms with van der Waals surface area (Å²) in [6, 6.07) is 15.0. The number of fused-ring (bicyclic) bond motifs is 1. The van der Waals surface area contributed by atoms with Crippen LogP contribution < -0.4 is 10.6 Å². The number of thioether (sulfide) groups is 1. The van der Waals surface area contributed by atoms with Gasteiger partial charge >= 0.3 is 11.8 Å². The molecule has 1 aromatic heterocycles. The Hall–Kier alpha value is -2.35. The highest BCUT2D eigenvalue weighted by Crippen LogP contribution is 2.30. The highest BCUT2D eigenvalue weighted by Gasteiger charge is 2.18. The number of nitrogens with one attached hydrogen (secondary N) is 2. The number of aliphatic hydroxyl groups is 1. The van der Waals surface area contributed by atoms with E-state index in [9.17, 15) is 14.7 Å². The Labute approximate surface area is 159 Å². The Morgan fingerprint density at radius 3 is 2.65 bits per heavy atom. The first-order valence-corrected chi connectivity index (χ1v) is 10.1. The third-order valence-corrected chi connectivity index (χ3v) is 5.66. The molecule has 7 heteroatoms. The Morgan fingerprint density at radius 2 is 1.85 bits per heavy atom. The van der Waals surface area contributed by atoms with Crippen LogP contribution in [0.25, 0.3) is 10.1 Å². The van der Waals surface area contributed by atoms with Crippen molar-refractivity contribution >= 4 is 50.7 Å². The molecule has 5 nitrogen and oxygen atoms in total. The van der Waals surface area contributed by atoms with Crippen LogP contribution in [0.15, 0.2) is 58.8 Å². The van der Waals surface area contributed by atoms with Crippen molar-refractivity contribution in [2.24, 2.45) is 0 Å². The molecule has 2 amide bonds. The lowest BCUT2D eigenvalue weighted by Crippen LogP contribution is -2.37. The number of carbonyl (C=O) groups is 2. The number of hydrogen-bond donors (Lipinski definition) is 3. The van der Waals surface area contributed by atoms with Gasteiger partial charge in [-0.05, 0) is 35.2 Å². The van der Waals surface area contributed by atoms with E-state index >= 15 is 0 Å². The molecule has 26 heavy (non-hydrogen) atoms. The lowest BCUT2D eigenvalue weighted by Gasteiger charge is -2.12. The first kappa shape index (κ1) is 18.4. The standard InChI is InChI=1S/C19H18N2O3S2/c1-25-17-9-5-3-7-14(17)21-19(24)18(23)20-10-15(22)13-11-26-16-8-4-2-6-12(13)16/h2-9,11,15,22H,10H2,1H3,(H,20,23)(H,21,24)/t15-/m0/s1. The highest BCUT2D eigenvalue weighted by atomic mass is 32.2. The number of hydrogen-bond acceptors (Lipinski definition) is 5. The molecule has 0 aliphatic rings. The molecule has 2 aromatic carbocycles. The van der Waals surface area contributed by atoms with Crippen molar-refractivity contribution in [1.82, 2.24) is 5.32 Å². The predicted molar refractivity (Wildman–Crippen MR) is 107 cm³/mol. The molecule has 3 aromatic rings. The van der Waals surface area contributed by atoms with E-state index in [0.29, 0.717) is 5.69 Å². The summed E-state index contributed by atoms with van der Waals surface area (Å²) in [6.07, 6.45) is 1.02. The fourth-order valence-corrected chi connectivity index (χ4v) is 4.12. The molecule has 0 saturated carbocycles. The molecule has 0 spiro atoms. The summed E-state index contributed by atoms with van der Waals surface area (Å²) >= 11 is 3.02. The maximum atomic E-state index is 12.1. The lowest BCUT2D eigenvalue weighted by molar-refractivity contribution is -0.136. The molecule has 1 heterocycles. The highest BCUT2D eigenvalue weighted by molar-refractivity contribution is 7.98. The SMILES string of the molecule is CSc1ccccc1NC(=O)C(=O)NC[C@H](O)c1csc2ccccc12. The summed E-state index contributed by atoms with van der Waals surface area (Å²) in [5.41, 5.74) is 1.34. The van der Waals surface area contributed by atoms with Gasteiger partial charge in [-0.25, -0.2) is 0 Å². The van der Waals surface area contributed by atoms with Gasteiger partial charge in [-0.3, -0.25) is 9.59 Å². The summed E-state index contributed by atoms with van der Waals surface area (Å²) in [5, 5.41) is 18.3. The number of thiophene rings is 1. The average Bonchev–Trinajstić information content (AvgIpc) is 3.10. The van der Waals surface area contributed by atoms with Gasteiger partial charge in [0.2, 0.25) is 0 Å². The van der Waals surface area contributed by atoms with E-state index < -0.39 is 17.9 Å². The normalized spacial score (nSPS) is 11.9. The van der Waals surface area contributed by atoms with Crippen LogP contribution in [0.4, 0.5) is 5.69 Å². The maximum Gasteiger partial charge on any atom is 0.313 e.